The van der Waals surface area contributed by atoms with Crippen molar-refractivity contribution in [3.8, 4) is 11.5 Å². The smallest absolute Gasteiger partial charge is 0.244 e. The molecule has 3 aromatic rings. The van der Waals surface area contributed by atoms with Crippen LogP contribution in [0.15, 0.2) is 48.9 Å². The van der Waals surface area contributed by atoms with Gasteiger partial charge in [-0.1, -0.05) is 12.1 Å². The van der Waals surface area contributed by atoms with Gasteiger partial charge in [0.2, 0.25) is 5.95 Å². The minimum atomic E-state index is 0.478. The first-order chi connectivity index (χ1) is 13.3. The molecule has 27 heavy (non-hydrogen) atoms. The number of rotatable bonds is 9. The lowest BCUT2D eigenvalue weighted by molar-refractivity contribution is 0.354. The van der Waals surface area contributed by atoms with Gasteiger partial charge >= 0.3 is 0 Å². The van der Waals surface area contributed by atoms with Crippen molar-refractivity contribution in [2.75, 3.05) is 31.4 Å². The third-order valence-corrected chi connectivity index (χ3v) is 3.90. The molecule has 0 saturated carbocycles. The molecule has 0 bridgehead atoms. The van der Waals surface area contributed by atoms with E-state index in [0.29, 0.717) is 30.6 Å². The fraction of sp³-hybridized carbons (Fsp3) is 0.263. The number of aromatic nitrogens is 4. The Balaban J connectivity index is 1.52. The number of pyridine rings is 1. The number of hydrogen-bond donors (Lipinski definition) is 2. The second-order valence-electron chi connectivity index (χ2n) is 5.75. The van der Waals surface area contributed by atoms with Gasteiger partial charge < -0.3 is 20.1 Å². The second kappa shape index (κ2) is 9.33. The van der Waals surface area contributed by atoms with Gasteiger partial charge in [-0.15, -0.1) is 5.10 Å². The maximum absolute atomic E-state index is 5.33. The summed E-state index contributed by atoms with van der Waals surface area (Å²) < 4.78 is 10.6. The first kappa shape index (κ1) is 18.4. The second-order valence-corrected chi connectivity index (χ2v) is 5.75. The molecule has 1 aromatic carbocycles. The van der Waals surface area contributed by atoms with Crippen molar-refractivity contribution in [1.82, 2.24) is 20.2 Å². The summed E-state index contributed by atoms with van der Waals surface area (Å²) in [6, 6.07) is 9.77. The van der Waals surface area contributed by atoms with Crippen LogP contribution in [0.3, 0.4) is 0 Å². The normalized spacial score (nSPS) is 10.3. The predicted molar refractivity (Wildman–Crippen MR) is 103 cm³/mol. The number of nitrogens with zero attached hydrogens (tertiary/aromatic N) is 4. The highest BCUT2D eigenvalue weighted by Crippen LogP contribution is 2.27. The molecular weight excluding hydrogens is 344 g/mol. The van der Waals surface area contributed by atoms with Gasteiger partial charge in [0.25, 0.3) is 0 Å². The van der Waals surface area contributed by atoms with Gasteiger partial charge in [-0.2, -0.15) is 10.1 Å². The van der Waals surface area contributed by atoms with Crippen LogP contribution in [-0.4, -0.2) is 40.9 Å². The predicted octanol–water partition coefficient (Wildman–Crippen LogP) is 2.55. The zero-order chi connectivity index (χ0) is 18.9. The van der Waals surface area contributed by atoms with Crippen LogP contribution >= 0.6 is 0 Å². The zero-order valence-electron chi connectivity index (χ0n) is 15.3. The van der Waals surface area contributed by atoms with Crippen molar-refractivity contribution >= 4 is 11.8 Å². The van der Waals surface area contributed by atoms with Crippen LogP contribution in [-0.2, 0) is 13.0 Å². The van der Waals surface area contributed by atoms with Gasteiger partial charge in [-0.3, -0.25) is 4.98 Å². The average molecular weight is 366 g/mol. The van der Waals surface area contributed by atoms with E-state index >= 15 is 0 Å². The fourth-order valence-electron chi connectivity index (χ4n) is 2.51. The first-order valence-electron chi connectivity index (χ1n) is 8.56. The largest absolute Gasteiger partial charge is 0.493 e. The van der Waals surface area contributed by atoms with Crippen LogP contribution < -0.4 is 20.1 Å². The van der Waals surface area contributed by atoms with E-state index in [1.54, 1.807) is 26.6 Å². The van der Waals surface area contributed by atoms with Crippen molar-refractivity contribution in [2.45, 2.75) is 13.0 Å². The fourth-order valence-corrected chi connectivity index (χ4v) is 2.51. The monoisotopic (exact) mass is 366 g/mol. The first-order valence-corrected chi connectivity index (χ1v) is 8.56. The molecule has 0 aliphatic heterocycles. The van der Waals surface area contributed by atoms with Crippen LogP contribution in [0.2, 0.25) is 0 Å². The zero-order valence-corrected chi connectivity index (χ0v) is 15.3. The molecule has 140 valence electrons. The molecule has 0 atom stereocenters. The summed E-state index contributed by atoms with van der Waals surface area (Å²) in [4.78, 5) is 8.51. The Kier molecular flexibility index (Phi) is 6.35. The molecule has 0 spiro atoms. The van der Waals surface area contributed by atoms with E-state index in [9.17, 15) is 0 Å². The molecule has 2 N–H and O–H groups in total. The lowest BCUT2D eigenvalue weighted by Crippen LogP contribution is -2.10. The van der Waals surface area contributed by atoms with Crippen molar-refractivity contribution in [2.24, 2.45) is 0 Å². The molecule has 0 radical (unpaired) electrons. The molecule has 8 heteroatoms. The summed E-state index contributed by atoms with van der Waals surface area (Å²) in [5.74, 6) is 2.57. The van der Waals surface area contributed by atoms with E-state index < -0.39 is 0 Å². The molecule has 0 amide bonds. The highest BCUT2D eigenvalue weighted by atomic mass is 16.5. The Morgan fingerprint density at radius 3 is 2.63 bits per heavy atom. The third-order valence-electron chi connectivity index (χ3n) is 3.90. The number of hydrogen-bond acceptors (Lipinski definition) is 8. The molecule has 2 heterocycles. The summed E-state index contributed by atoms with van der Waals surface area (Å²) in [5.41, 5.74) is 2.19. The van der Waals surface area contributed by atoms with E-state index in [1.807, 2.05) is 36.5 Å². The lowest BCUT2D eigenvalue weighted by atomic mass is 10.1. The van der Waals surface area contributed by atoms with Crippen LogP contribution in [0.1, 0.15) is 11.1 Å². The highest BCUT2D eigenvalue weighted by molar-refractivity contribution is 5.43. The Morgan fingerprint density at radius 2 is 1.85 bits per heavy atom. The molecule has 0 unspecified atom stereocenters. The SMILES string of the molecule is COc1ccc(CCNc2nncc(NCc3cccnc3)n2)cc1OC. The van der Waals surface area contributed by atoms with Crippen molar-refractivity contribution < 1.29 is 9.47 Å². The lowest BCUT2D eigenvalue weighted by Gasteiger charge is -2.10. The summed E-state index contributed by atoms with van der Waals surface area (Å²) in [6.07, 6.45) is 5.94. The number of anilines is 2. The third kappa shape index (κ3) is 5.27. The quantitative estimate of drug-likeness (QED) is 0.597. The molecule has 0 saturated heterocycles. The molecule has 0 fully saturated rings. The van der Waals surface area contributed by atoms with Crippen LogP contribution in [0.4, 0.5) is 11.8 Å². The minimum Gasteiger partial charge on any atom is -0.493 e. The van der Waals surface area contributed by atoms with E-state index in [1.165, 1.54) is 0 Å². The van der Waals surface area contributed by atoms with Crippen molar-refractivity contribution in [1.29, 1.82) is 0 Å². The van der Waals surface area contributed by atoms with E-state index in [0.717, 1.165) is 23.3 Å². The molecule has 8 nitrogen and oxygen atoms in total. The Morgan fingerprint density at radius 1 is 0.963 bits per heavy atom. The van der Waals surface area contributed by atoms with Gasteiger partial charge in [0.15, 0.2) is 17.3 Å². The minimum absolute atomic E-state index is 0.478. The maximum atomic E-state index is 5.33. The van der Waals surface area contributed by atoms with Gasteiger partial charge in [-0.05, 0) is 35.7 Å². The van der Waals surface area contributed by atoms with Crippen LogP contribution in [0, 0.1) is 0 Å². The number of ether oxygens (including phenoxy) is 2. The maximum Gasteiger partial charge on any atom is 0.244 e. The van der Waals surface area contributed by atoms with E-state index in [4.69, 9.17) is 9.47 Å². The van der Waals surface area contributed by atoms with Crippen LogP contribution in [0.25, 0.3) is 0 Å². The molecule has 3 rings (SSSR count). The van der Waals surface area contributed by atoms with Gasteiger partial charge in [0.1, 0.15) is 0 Å². The Labute approximate surface area is 158 Å². The standard InChI is InChI=1S/C19H22N6O2/c1-26-16-6-5-14(10-17(16)27-2)7-9-21-19-24-18(13-23-25-19)22-12-15-4-3-8-20-11-15/h3-6,8,10-11,13H,7,9,12H2,1-2H3,(H2,21,22,24,25). The summed E-state index contributed by atoms with van der Waals surface area (Å²) in [6.45, 7) is 1.29. The summed E-state index contributed by atoms with van der Waals surface area (Å²) in [7, 11) is 3.25. The Hall–Kier alpha value is -3.42. The summed E-state index contributed by atoms with van der Waals surface area (Å²) in [5, 5.41) is 14.4. The van der Waals surface area contributed by atoms with Crippen LogP contribution in [0.5, 0.6) is 11.5 Å². The average Bonchev–Trinajstić information content (AvgIpc) is 2.73. The van der Waals surface area contributed by atoms with E-state index in [2.05, 4.69) is 30.8 Å². The van der Waals surface area contributed by atoms with E-state index in [-0.39, 0.29) is 0 Å². The summed E-state index contributed by atoms with van der Waals surface area (Å²) >= 11 is 0. The molecule has 0 aliphatic carbocycles. The molecule has 0 aliphatic rings. The van der Waals surface area contributed by atoms with Gasteiger partial charge in [-0.25, -0.2) is 0 Å². The molecular formula is C19H22N6O2. The van der Waals surface area contributed by atoms with Gasteiger partial charge in [0.05, 0.1) is 20.4 Å². The number of nitrogens with one attached hydrogen (secondary N) is 2. The van der Waals surface area contributed by atoms with Gasteiger partial charge in [0, 0.05) is 25.5 Å². The Bertz CT molecular complexity index is 860. The van der Waals surface area contributed by atoms with Crippen molar-refractivity contribution in [3.05, 3.63) is 60.0 Å². The molecule has 2 aromatic heterocycles. The highest BCUT2D eigenvalue weighted by Gasteiger charge is 2.05. The number of benzene rings is 1. The topological polar surface area (TPSA) is 94.1 Å². The number of methoxy groups -OCH3 is 2. The van der Waals surface area contributed by atoms with Crippen molar-refractivity contribution in [3.63, 3.8) is 0 Å².